The number of amides is 1. The van der Waals surface area contributed by atoms with E-state index in [1.54, 1.807) is 19.9 Å². The maximum atomic E-state index is 12.2. The summed E-state index contributed by atoms with van der Waals surface area (Å²) < 4.78 is 0. The van der Waals surface area contributed by atoms with E-state index in [2.05, 4.69) is 15.5 Å². The molecule has 21 heavy (non-hydrogen) atoms. The van der Waals surface area contributed by atoms with Gasteiger partial charge >= 0.3 is 5.97 Å². The van der Waals surface area contributed by atoms with Gasteiger partial charge in [-0.05, 0) is 38.7 Å². The molecule has 2 rings (SSSR count). The number of carbonyl (C=O) groups is 2. The zero-order valence-corrected chi connectivity index (χ0v) is 12.4. The molecule has 0 aromatic carbocycles. The minimum Gasteiger partial charge on any atom is -0.481 e. The molecule has 0 aliphatic heterocycles. The molecule has 1 saturated carbocycles. The van der Waals surface area contributed by atoms with Crippen LogP contribution in [-0.2, 0) is 4.79 Å². The molecule has 1 amide bonds. The van der Waals surface area contributed by atoms with Crippen LogP contribution in [0.25, 0.3) is 0 Å². The van der Waals surface area contributed by atoms with E-state index in [0.29, 0.717) is 29.9 Å². The minimum atomic E-state index is -0.758. The number of hydrogen-bond acceptors (Lipinski definition) is 4. The third kappa shape index (κ3) is 3.77. The van der Waals surface area contributed by atoms with Crippen LogP contribution in [0.4, 0.5) is 0 Å². The highest BCUT2D eigenvalue weighted by atomic mass is 16.4. The molecule has 2 atom stereocenters. The standard InChI is InChI=1S/C15H21N3O3/c1-9-7-13(10(2)18-17-9)14(19)16-8-11-5-3-4-6-12(11)15(20)21/h7,11-12H,3-6,8H2,1-2H3,(H,16,19)(H,20,21). The van der Waals surface area contributed by atoms with Gasteiger partial charge < -0.3 is 10.4 Å². The number of carboxylic acid groups (broad SMARTS) is 1. The van der Waals surface area contributed by atoms with Gasteiger partial charge in [0.05, 0.1) is 22.9 Å². The Hall–Kier alpha value is -1.98. The van der Waals surface area contributed by atoms with Crippen LogP contribution in [-0.4, -0.2) is 33.7 Å². The number of aliphatic carboxylic acids is 1. The predicted octanol–water partition coefficient (Wildman–Crippen LogP) is 1.71. The van der Waals surface area contributed by atoms with Crippen molar-refractivity contribution >= 4 is 11.9 Å². The fraction of sp³-hybridized carbons (Fsp3) is 0.600. The van der Waals surface area contributed by atoms with E-state index in [0.717, 1.165) is 19.3 Å². The van der Waals surface area contributed by atoms with Crippen molar-refractivity contribution in [2.45, 2.75) is 39.5 Å². The zero-order valence-electron chi connectivity index (χ0n) is 12.4. The second-order valence-corrected chi connectivity index (χ2v) is 5.68. The Bertz CT molecular complexity index is 545. The predicted molar refractivity (Wildman–Crippen MR) is 76.9 cm³/mol. The summed E-state index contributed by atoms with van der Waals surface area (Å²) >= 11 is 0. The normalized spacial score (nSPS) is 21.8. The van der Waals surface area contributed by atoms with Crippen LogP contribution >= 0.6 is 0 Å². The molecule has 6 heteroatoms. The SMILES string of the molecule is Cc1cc(C(=O)NCC2CCCCC2C(=O)O)c(C)nn1. The van der Waals surface area contributed by atoms with Gasteiger partial charge in [-0.2, -0.15) is 10.2 Å². The third-order valence-electron chi connectivity index (χ3n) is 4.10. The lowest BCUT2D eigenvalue weighted by Gasteiger charge is -2.28. The largest absolute Gasteiger partial charge is 0.481 e. The van der Waals surface area contributed by atoms with Gasteiger partial charge in [-0.1, -0.05) is 12.8 Å². The minimum absolute atomic E-state index is 0.0106. The number of aryl methyl sites for hydroxylation is 2. The third-order valence-corrected chi connectivity index (χ3v) is 4.10. The van der Waals surface area contributed by atoms with Gasteiger partial charge in [0, 0.05) is 6.54 Å². The summed E-state index contributed by atoms with van der Waals surface area (Å²) in [7, 11) is 0. The van der Waals surface area contributed by atoms with E-state index in [1.807, 2.05) is 0 Å². The summed E-state index contributed by atoms with van der Waals surface area (Å²) in [6, 6.07) is 1.70. The molecule has 1 fully saturated rings. The molecule has 0 bridgehead atoms. The van der Waals surface area contributed by atoms with Crippen molar-refractivity contribution in [1.82, 2.24) is 15.5 Å². The lowest BCUT2D eigenvalue weighted by atomic mass is 9.79. The fourth-order valence-electron chi connectivity index (χ4n) is 2.88. The Labute approximate surface area is 124 Å². The molecule has 1 aliphatic rings. The summed E-state index contributed by atoms with van der Waals surface area (Å²) in [6.07, 6.45) is 3.53. The molecule has 114 valence electrons. The number of nitrogens with zero attached hydrogens (tertiary/aromatic N) is 2. The number of carboxylic acids is 1. The maximum Gasteiger partial charge on any atom is 0.306 e. The Morgan fingerprint density at radius 2 is 2.00 bits per heavy atom. The van der Waals surface area contributed by atoms with Crippen molar-refractivity contribution in [3.63, 3.8) is 0 Å². The summed E-state index contributed by atoms with van der Waals surface area (Å²) in [5, 5.41) is 19.9. The first kappa shape index (κ1) is 15.4. The van der Waals surface area contributed by atoms with E-state index >= 15 is 0 Å². The van der Waals surface area contributed by atoms with Gasteiger partial charge in [-0.3, -0.25) is 9.59 Å². The topological polar surface area (TPSA) is 92.2 Å². The van der Waals surface area contributed by atoms with Crippen molar-refractivity contribution in [3.8, 4) is 0 Å². The van der Waals surface area contributed by atoms with Gasteiger partial charge in [-0.15, -0.1) is 0 Å². The Kier molecular flexibility index (Phi) is 4.88. The van der Waals surface area contributed by atoms with Gasteiger partial charge in [0.15, 0.2) is 0 Å². The van der Waals surface area contributed by atoms with Crippen molar-refractivity contribution in [1.29, 1.82) is 0 Å². The van der Waals surface area contributed by atoms with Crippen LogP contribution in [0.3, 0.4) is 0 Å². The van der Waals surface area contributed by atoms with Crippen molar-refractivity contribution in [2.24, 2.45) is 11.8 Å². The van der Waals surface area contributed by atoms with Crippen LogP contribution in [0.2, 0.25) is 0 Å². The second-order valence-electron chi connectivity index (χ2n) is 5.68. The first-order chi connectivity index (χ1) is 9.99. The highest BCUT2D eigenvalue weighted by Crippen LogP contribution is 2.29. The zero-order chi connectivity index (χ0) is 15.4. The van der Waals surface area contributed by atoms with Gasteiger partial charge in [-0.25, -0.2) is 0 Å². The smallest absolute Gasteiger partial charge is 0.306 e. The Morgan fingerprint density at radius 3 is 2.71 bits per heavy atom. The van der Waals surface area contributed by atoms with Crippen LogP contribution in [0.1, 0.15) is 47.4 Å². The molecule has 2 unspecified atom stereocenters. The number of aromatic nitrogens is 2. The fourth-order valence-corrected chi connectivity index (χ4v) is 2.88. The molecule has 1 aromatic heterocycles. The number of rotatable bonds is 4. The molecular weight excluding hydrogens is 270 g/mol. The molecule has 1 aromatic rings. The van der Waals surface area contributed by atoms with E-state index in [-0.39, 0.29) is 17.7 Å². The lowest BCUT2D eigenvalue weighted by molar-refractivity contribution is -0.144. The molecule has 1 heterocycles. The first-order valence-corrected chi connectivity index (χ1v) is 7.31. The Balaban J connectivity index is 1.99. The van der Waals surface area contributed by atoms with Crippen LogP contribution in [0.5, 0.6) is 0 Å². The van der Waals surface area contributed by atoms with E-state index in [4.69, 9.17) is 0 Å². The van der Waals surface area contributed by atoms with E-state index in [1.165, 1.54) is 0 Å². The van der Waals surface area contributed by atoms with E-state index in [9.17, 15) is 14.7 Å². The van der Waals surface area contributed by atoms with Gasteiger partial charge in [0.25, 0.3) is 5.91 Å². The molecule has 0 spiro atoms. The molecule has 1 aliphatic carbocycles. The second kappa shape index (κ2) is 6.65. The van der Waals surface area contributed by atoms with Crippen molar-refractivity contribution < 1.29 is 14.7 Å². The Morgan fingerprint density at radius 1 is 1.29 bits per heavy atom. The number of hydrogen-bond donors (Lipinski definition) is 2. The summed E-state index contributed by atoms with van der Waals surface area (Å²) in [5.41, 5.74) is 1.77. The summed E-state index contributed by atoms with van der Waals surface area (Å²) in [6.45, 7) is 3.92. The van der Waals surface area contributed by atoms with Crippen LogP contribution in [0, 0.1) is 25.7 Å². The maximum absolute atomic E-state index is 12.2. The van der Waals surface area contributed by atoms with Crippen molar-refractivity contribution in [2.75, 3.05) is 6.54 Å². The monoisotopic (exact) mass is 291 g/mol. The van der Waals surface area contributed by atoms with Crippen LogP contribution < -0.4 is 5.32 Å². The summed E-state index contributed by atoms with van der Waals surface area (Å²) in [5.74, 6) is -1.30. The quantitative estimate of drug-likeness (QED) is 0.881. The molecule has 2 N–H and O–H groups in total. The van der Waals surface area contributed by atoms with Crippen molar-refractivity contribution in [3.05, 3.63) is 23.0 Å². The highest BCUT2D eigenvalue weighted by molar-refractivity contribution is 5.95. The van der Waals surface area contributed by atoms with Crippen LogP contribution in [0.15, 0.2) is 6.07 Å². The molecular formula is C15H21N3O3. The first-order valence-electron chi connectivity index (χ1n) is 7.31. The average molecular weight is 291 g/mol. The number of nitrogens with one attached hydrogen (secondary N) is 1. The van der Waals surface area contributed by atoms with Gasteiger partial charge in [0.1, 0.15) is 0 Å². The molecule has 0 radical (unpaired) electrons. The lowest BCUT2D eigenvalue weighted by Crippen LogP contribution is -2.37. The van der Waals surface area contributed by atoms with E-state index < -0.39 is 5.97 Å². The summed E-state index contributed by atoms with van der Waals surface area (Å²) in [4.78, 5) is 23.5. The van der Waals surface area contributed by atoms with Gasteiger partial charge in [0.2, 0.25) is 0 Å². The number of carbonyl (C=O) groups excluding carboxylic acids is 1. The average Bonchev–Trinajstić information content (AvgIpc) is 2.47. The molecule has 6 nitrogen and oxygen atoms in total. The highest BCUT2D eigenvalue weighted by Gasteiger charge is 2.31. The molecule has 0 saturated heterocycles.